The van der Waals surface area contributed by atoms with Crippen molar-refractivity contribution >= 4 is 0 Å². The molecule has 23 heavy (non-hydrogen) atoms. The fourth-order valence-electron chi connectivity index (χ4n) is 1.91. The van der Waals surface area contributed by atoms with Crippen LogP contribution in [0.1, 0.15) is 11.6 Å². The molecule has 0 atom stereocenters. The van der Waals surface area contributed by atoms with E-state index in [0.717, 1.165) is 0 Å². The summed E-state index contributed by atoms with van der Waals surface area (Å²) in [5, 5.41) is 26.0. The first-order chi connectivity index (χ1) is 11.2. The monoisotopic (exact) mass is 313 g/mol. The van der Waals surface area contributed by atoms with Crippen LogP contribution in [0.25, 0.3) is 0 Å². The maximum Gasteiger partial charge on any atom is 0.188 e. The SMILES string of the molecule is Oc1ccccc1OCc1n[nH]c(COc2ccccc2O)n1. The Morgan fingerprint density at radius 3 is 2.00 bits per heavy atom. The van der Waals surface area contributed by atoms with Gasteiger partial charge >= 0.3 is 0 Å². The highest BCUT2D eigenvalue weighted by Gasteiger charge is 2.08. The molecule has 1 aromatic heterocycles. The molecule has 0 saturated heterocycles. The molecule has 0 aliphatic heterocycles. The lowest BCUT2D eigenvalue weighted by Crippen LogP contribution is -1.99. The molecule has 1 heterocycles. The summed E-state index contributed by atoms with van der Waals surface area (Å²) in [7, 11) is 0. The van der Waals surface area contributed by atoms with E-state index in [-0.39, 0.29) is 24.7 Å². The largest absolute Gasteiger partial charge is 0.504 e. The quantitative estimate of drug-likeness (QED) is 0.646. The highest BCUT2D eigenvalue weighted by Crippen LogP contribution is 2.26. The number of nitrogens with one attached hydrogen (secondary N) is 1. The average molecular weight is 313 g/mol. The van der Waals surface area contributed by atoms with E-state index in [2.05, 4.69) is 15.2 Å². The Balaban J connectivity index is 1.56. The maximum absolute atomic E-state index is 9.62. The fraction of sp³-hybridized carbons (Fsp3) is 0.125. The molecule has 0 amide bonds. The van der Waals surface area contributed by atoms with Gasteiger partial charge in [0.1, 0.15) is 13.2 Å². The van der Waals surface area contributed by atoms with E-state index < -0.39 is 0 Å². The standard InChI is InChI=1S/C16H15N3O4/c20-11-5-1-3-7-13(11)22-9-15-17-16(19-18-15)10-23-14-8-4-2-6-12(14)21/h1-8,20-21H,9-10H2,(H,17,18,19). The number of benzene rings is 2. The van der Waals surface area contributed by atoms with Gasteiger partial charge < -0.3 is 19.7 Å². The topological polar surface area (TPSA) is 100 Å². The van der Waals surface area contributed by atoms with Crippen LogP contribution in [0, 0.1) is 0 Å². The van der Waals surface area contributed by atoms with Crippen LogP contribution < -0.4 is 9.47 Å². The Hall–Kier alpha value is -3.22. The molecule has 0 spiro atoms. The number of phenols is 2. The van der Waals surface area contributed by atoms with Gasteiger partial charge in [0.2, 0.25) is 0 Å². The lowest BCUT2D eigenvalue weighted by Gasteiger charge is -2.05. The number of nitrogens with zero attached hydrogens (tertiary/aromatic N) is 2. The minimum atomic E-state index is 0.0612. The third-order valence-corrected chi connectivity index (χ3v) is 3.03. The number of hydrogen-bond acceptors (Lipinski definition) is 6. The first kappa shape index (κ1) is 14.7. The molecule has 0 bridgehead atoms. The van der Waals surface area contributed by atoms with Crippen LogP contribution >= 0.6 is 0 Å². The van der Waals surface area contributed by atoms with Crippen molar-refractivity contribution in [3.05, 3.63) is 60.2 Å². The summed E-state index contributed by atoms with van der Waals surface area (Å²) < 4.78 is 10.9. The number of hydrogen-bond donors (Lipinski definition) is 3. The van der Waals surface area contributed by atoms with Crippen LogP contribution in [0.3, 0.4) is 0 Å². The van der Waals surface area contributed by atoms with E-state index in [1.54, 1.807) is 48.5 Å². The molecule has 0 aliphatic carbocycles. The van der Waals surface area contributed by atoms with Gasteiger partial charge in [-0.1, -0.05) is 24.3 Å². The molecule has 0 radical (unpaired) electrons. The van der Waals surface area contributed by atoms with E-state index in [1.807, 2.05) is 0 Å². The van der Waals surface area contributed by atoms with Crippen LogP contribution in [0.4, 0.5) is 0 Å². The molecule has 0 unspecified atom stereocenters. The van der Waals surface area contributed by atoms with Crippen LogP contribution in [0.15, 0.2) is 48.5 Å². The lowest BCUT2D eigenvalue weighted by molar-refractivity contribution is 0.275. The molecular weight excluding hydrogens is 298 g/mol. The number of H-pyrrole nitrogens is 1. The van der Waals surface area contributed by atoms with Crippen LogP contribution in [-0.2, 0) is 13.2 Å². The van der Waals surface area contributed by atoms with Gasteiger partial charge in [-0.05, 0) is 24.3 Å². The highest BCUT2D eigenvalue weighted by atomic mass is 16.5. The van der Waals surface area contributed by atoms with E-state index >= 15 is 0 Å². The first-order valence-electron chi connectivity index (χ1n) is 6.94. The summed E-state index contributed by atoms with van der Waals surface area (Å²) in [5.74, 6) is 1.80. The third-order valence-electron chi connectivity index (χ3n) is 3.03. The van der Waals surface area contributed by atoms with Gasteiger partial charge in [0.05, 0.1) is 0 Å². The van der Waals surface area contributed by atoms with Crippen molar-refractivity contribution < 1.29 is 19.7 Å². The van der Waals surface area contributed by atoms with Gasteiger partial charge in [-0.3, -0.25) is 5.10 Å². The number of aromatic hydroxyl groups is 2. The van der Waals surface area contributed by atoms with Crippen molar-refractivity contribution in [2.75, 3.05) is 0 Å². The predicted molar refractivity (Wildman–Crippen MR) is 81.3 cm³/mol. The van der Waals surface area contributed by atoms with Crippen molar-refractivity contribution in [3.63, 3.8) is 0 Å². The van der Waals surface area contributed by atoms with Gasteiger partial charge in [-0.25, -0.2) is 4.98 Å². The Morgan fingerprint density at radius 1 is 0.826 bits per heavy atom. The minimum Gasteiger partial charge on any atom is -0.504 e. The second kappa shape index (κ2) is 6.69. The second-order valence-electron chi connectivity index (χ2n) is 4.71. The van der Waals surface area contributed by atoms with Crippen LogP contribution in [0.2, 0.25) is 0 Å². The molecule has 0 fully saturated rings. The number of para-hydroxylation sites is 4. The van der Waals surface area contributed by atoms with Crippen molar-refractivity contribution in [1.82, 2.24) is 15.2 Å². The van der Waals surface area contributed by atoms with E-state index in [0.29, 0.717) is 23.1 Å². The zero-order valence-electron chi connectivity index (χ0n) is 12.1. The third kappa shape index (κ3) is 3.70. The van der Waals surface area contributed by atoms with Crippen molar-refractivity contribution in [3.8, 4) is 23.0 Å². The maximum atomic E-state index is 9.62. The number of rotatable bonds is 6. The minimum absolute atomic E-state index is 0.0612. The Kier molecular flexibility index (Phi) is 4.28. The lowest BCUT2D eigenvalue weighted by atomic mass is 10.3. The summed E-state index contributed by atoms with van der Waals surface area (Å²) in [6.07, 6.45) is 0. The summed E-state index contributed by atoms with van der Waals surface area (Å²) in [5.41, 5.74) is 0. The molecular formula is C16H15N3O4. The molecule has 7 heteroatoms. The van der Waals surface area contributed by atoms with Crippen molar-refractivity contribution in [2.24, 2.45) is 0 Å². The molecule has 118 valence electrons. The summed E-state index contributed by atoms with van der Waals surface area (Å²) >= 11 is 0. The molecule has 3 N–H and O–H groups in total. The molecule has 0 saturated carbocycles. The van der Waals surface area contributed by atoms with Crippen molar-refractivity contribution in [1.29, 1.82) is 0 Å². The molecule has 0 aliphatic rings. The second-order valence-corrected chi connectivity index (χ2v) is 4.71. The van der Waals surface area contributed by atoms with E-state index in [1.165, 1.54) is 0 Å². The molecule has 3 rings (SSSR count). The fourth-order valence-corrected chi connectivity index (χ4v) is 1.91. The van der Waals surface area contributed by atoms with E-state index in [9.17, 15) is 10.2 Å². The van der Waals surface area contributed by atoms with Gasteiger partial charge in [0.25, 0.3) is 0 Å². The summed E-state index contributed by atoms with van der Waals surface area (Å²) in [6.45, 7) is 0.256. The van der Waals surface area contributed by atoms with Crippen molar-refractivity contribution in [2.45, 2.75) is 13.2 Å². The number of aromatic nitrogens is 3. The number of phenolic OH excluding ortho intramolecular Hbond substituents is 2. The summed E-state index contributed by atoms with van der Waals surface area (Å²) in [6, 6.07) is 13.4. The Labute approximate surface area is 132 Å². The van der Waals surface area contributed by atoms with Gasteiger partial charge in [0.15, 0.2) is 34.6 Å². The number of ether oxygens (including phenoxy) is 2. The van der Waals surface area contributed by atoms with Crippen LogP contribution in [-0.4, -0.2) is 25.4 Å². The molecule has 3 aromatic rings. The first-order valence-corrected chi connectivity index (χ1v) is 6.94. The zero-order valence-corrected chi connectivity index (χ0v) is 12.1. The smallest absolute Gasteiger partial charge is 0.188 e. The predicted octanol–water partition coefficient (Wildman–Crippen LogP) is 2.37. The van der Waals surface area contributed by atoms with E-state index in [4.69, 9.17) is 9.47 Å². The van der Waals surface area contributed by atoms with Gasteiger partial charge in [-0.15, -0.1) is 0 Å². The number of aromatic amines is 1. The average Bonchev–Trinajstić information content (AvgIpc) is 3.01. The highest BCUT2D eigenvalue weighted by molar-refractivity contribution is 5.38. The van der Waals surface area contributed by atoms with Crippen LogP contribution in [0.5, 0.6) is 23.0 Å². The normalized spacial score (nSPS) is 10.4. The summed E-state index contributed by atoms with van der Waals surface area (Å²) in [4.78, 5) is 4.22. The van der Waals surface area contributed by atoms with Gasteiger partial charge in [0, 0.05) is 0 Å². The van der Waals surface area contributed by atoms with Gasteiger partial charge in [-0.2, -0.15) is 5.10 Å². The Bertz CT molecular complexity index is 724. The molecule has 2 aromatic carbocycles. The Morgan fingerprint density at radius 2 is 1.39 bits per heavy atom. The zero-order chi connectivity index (χ0) is 16.1. The molecule has 7 nitrogen and oxygen atoms in total.